The Kier molecular flexibility index (Phi) is 4.56. The van der Waals surface area contributed by atoms with E-state index in [1.807, 2.05) is 10.8 Å². The van der Waals surface area contributed by atoms with Crippen LogP contribution in [-0.2, 0) is 13.1 Å². The molecule has 0 saturated carbocycles. The Balaban J connectivity index is 2.03. The summed E-state index contributed by atoms with van der Waals surface area (Å²) in [5, 5.41) is 3.70. The van der Waals surface area contributed by atoms with Crippen LogP contribution < -0.4 is 5.32 Å². The van der Waals surface area contributed by atoms with Gasteiger partial charge in [-0.25, -0.2) is 9.37 Å². The van der Waals surface area contributed by atoms with E-state index in [1.165, 1.54) is 6.07 Å². The molecule has 5 heteroatoms. The van der Waals surface area contributed by atoms with Crippen LogP contribution in [0.4, 0.5) is 4.39 Å². The van der Waals surface area contributed by atoms with Gasteiger partial charge in [-0.1, -0.05) is 31.5 Å². The minimum Gasteiger partial charge on any atom is -0.333 e. The largest absolute Gasteiger partial charge is 0.333 e. The van der Waals surface area contributed by atoms with Crippen molar-refractivity contribution in [3.05, 3.63) is 52.8 Å². The van der Waals surface area contributed by atoms with Crippen molar-refractivity contribution in [1.29, 1.82) is 0 Å². The average molecular weight is 282 g/mol. The van der Waals surface area contributed by atoms with Gasteiger partial charge in [0.15, 0.2) is 0 Å². The van der Waals surface area contributed by atoms with Crippen LogP contribution in [-0.4, -0.2) is 15.6 Å². The van der Waals surface area contributed by atoms with Crippen LogP contribution in [0.15, 0.2) is 30.7 Å². The van der Waals surface area contributed by atoms with Gasteiger partial charge < -0.3 is 9.88 Å². The van der Waals surface area contributed by atoms with Gasteiger partial charge >= 0.3 is 0 Å². The lowest BCUT2D eigenvalue weighted by molar-refractivity contribution is 0.581. The van der Waals surface area contributed by atoms with Gasteiger partial charge in [0.2, 0.25) is 0 Å². The van der Waals surface area contributed by atoms with E-state index in [2.05, 4.69) is 24.1 Å². The number of rotatable bonds is 5. The first-order chi connectivity index (χ1) is 9.04. The molecule has 1 N–H and O–H groups in total. The van der Waals surface area contributed by atoms with Crippen LogP contribution in [0, 0.1) is 5.82 Å². The van der Waals surface area contributed by atoms with Crippen LogP contribution in [0.25, 0.3) is 0 Å². The fraction of sp³-hybridized carbons (Fsp3) is 0.357. The van der Waals surface area contributed by atoms with Gasteiger partial charge in [0, 0.05) is 29.4 Å². The zero-order chi connectivity index (χ0) is 13.8. The first-order valence-electron chi connectivity index (χ1n) is 6.22. The van der Waals surface area contributed by atoms with Gasteiger partial charge in [-0.2, -0.15) is 0 Å². The fourth-order valence-electron chi connectivity index (χ4n) is 1.74. The SMILES string of the molecule is CC(C)NCc1cn(Cc2ccc(Cl)cc2F)cn1. The second kappa shape index (κ2) is 6.17. The highest BCUT2D eigenvalue weighted by Crippen LogP contribution is 2.15. The quantitative estimate of drug-likeness (QED) is 0.912. The molecule has 0 unspecified atom stereocenters. The molecular formula is C14H17ClFN3. The standard InChI is InChI=1S/C14H17ClFN3/c1-10(2)17-6-13-8-19(9-18-13)7-11-3-4-12(15)5-14(11)16/h3-5,8-10,17H,6-7H2,1-2H3. The number of halogens is 2. The number of nitrogens with one attached hydrogen (secondary N) is 1. The molecule has 3 nitrogen and oxygen atoms in total. The molecule has 0 bridgehead atoms. The molecule has 0 radical (unpaired) electrons. The predicted molar refractivity (Wildman–Crippen MR) is 74.7 cm³/mol. The maximum Gasteiger partial charge on any atom is 0.129 e. The minimum atomic E-state index is -0.289. The van der Waals surface area contributed by atoms with Gasteiger partial charge in [-0.15, -0.1) is 0 Å². The third-order valence-corrected chi connectivity index (χ3v) is 2.98. The van der Waals surface area contributed by atoms with Crippen LogP contribution in [0.2, 0.25) is 5.02 Å². The molecule has 0 atom stereocenters. The summed E-state index contributed by atoms with van der Waals surface area (Å²) in [6.45, 7) is 5.34. The molecule has 0 fully saturated rings. The van der Waals surface area contributed by atoms with Crippen molar-refractivity contribution in [3.63, 3.8) is 0 Å². The van der Waals surface area contributed by atoms with Crippen molar-refractivity contribution in [2.45, 2.75) is 33.0 Å². The van der Waals surface area contributed by atoms with Crippen molar-refractivity contribution in [1.82, 2.24) is 14.9 Å². The molecule has 0 spiro atoms. The molecule has 102 valence electrons. The van der Waals surface area contributed by atoms with Gasteiger partial charge in [-0.05, 0) is 12.1 Å². The van der Waals surface area contributed by atoms with Crippen molar-refractivity contribution < 1.29 is 4.39 Å². The number of hydrogen-bond donors (Lipinski definition) is 1. The Hall–Kier alpha value is -1.39. The zero-order valence-electron chi connectivity index (χ0n) is 11.0. The zero-order valence-corrected chi connectivity index (χ0v) is 11.8. The topological polar surface area (TPSA) is 29.9 Å². The van der Waals surface area contributed by atoms with E-state index in [1.54, 1.807) is 18.5 Å². The van der Waals surface area contributed by atoms with Crippen LogP contribution in [0.5, 0.6) is 0 Å². The average Bonchev–Trinajstić information content (AvgIpc) is 2.78. The summed E-state index contributed by atoms with van der Waals surface area (Å²) in [6, 6.07) is 5.13. The summed E-state index contributed by atoms with van der Waals surface area (Å²) in [4.78, 5) is 4.28. The molecule has 2 rings (SSSR count). The van der Waals surface area contributed by atoms with Gasteiger partial charge in [-0.3, -0.25) is 0 Å². The summed E-state index contributed by atoms with van der Waals surface area (Å²) in [5.41, 5.74) is 1.55. The Morgan fingerprint density at radius 3 is 2.89 bits per heavy atom. The molecular weight excluding hydrogens is 265 g/mol. The maximum absolute atomic E-state index is 13.7. The maximum atomic E-state index is 13.7. The lowest BCUT2D eigenvalue weighted by Crippen LogP contribution is -2.21. The first-order valence-corrected chi connectivity index (χ1v) is 6.60. The number of hydrogen-bond acceptors (Lipinski definition) is 2. The van der Waals surface area contributed by atoms with Crippen molar-refractivity contribution in [2.75, 3.05) is 0 Å². The van der Waals surface area contributed by atoms with E-state index in [-0.39, 0.29) is 5.82 Å². The molecule has 0 aliphatic carbocycles. The second-order valence-electron chi connectivity index (χ2n) is 4.81. The lowest BCUT2D eigenvalue weighted by atomic mass is 10.2. The fourth-order valence-corrected chi connectivity index (χ4v) is 1.90. The van der Waals surface area contributed by atoms with Gasteiger partial charge in [0.25, 0.3) is 0 Å². The highest BCUT2D eigenvalue weighted by molar-refractivity contribution is 6.30. The Morgan fingerprint density at radius 1 is 1.42 bits per heavy atom. The van der Waals surface area contributed by atoms with Crippen molar-refractivity contribution in [2.24, 2.45) is 0 Å². The summed E-state index contributed by atoms with van der Waals surface area (Å²) in [7, 11) is 0. The summed E-state index contributed by atoms with van der Waals surface area (Å²) >= 11 is 5.73. The van der Waals surface area contributed by atoms with E-state index >= 15 is 0 Å². The molecule has 0 amide bonds. The predicted octanol–water partition coefficient (Wildman–Crippen LogP) is 3.22. The third kappa shape index (κ3) is 4.04. The molecule has 1 heterocycles. The first kappa shape index (κ1) is 14.0. The second-order valence-corrected chi connectivity index (χ2v) is 5.25. The normalized spacial score (nSPS) is 11.2. The van der Waals surface area contributed by atoms with E-state index in [0.29, 0.717) is 29.7 Å². The highest BCUT2D eigenvalue weighted by Gasteiger charge is 2.05. The van der Waals surface area contributed by atoms with E-state index < -0.39 is 0 Å². The van der Waals surface area contributed by atoms with Crippen LogP contribution in [0.3, 0.4) is 0 Å². The number of imidazole rings is 1. The van der Waals surface area contributed by atoms with E-state index in [0.717, 1.165) is 5.69 Å². The molecule has 1 aromatic heterocycles. The van der Waals surface area contributed by atoms with Crippen molar-refractivity contribution in [3.8, 4) is 0 Å². The number of nitrogens with zero attached hydrogens (tertiary/aromatic N) is 2. The van der Waals surface area contributed by atoms with Crippen LogP contribution >= 0.6 is 11.6 Å². The highest BCUT2D eigenvalue weighted by atomic mass is 35.5. The van der Waals surface area contributed by atoms with Gasteiger partial charge in [0.1, 0.15) is 5.82 Å². The lowest BCUT2D eigenvalue weighted by Gasteiger charge is -2.05. The molecule has 0 saturated heterocycles. The number of aromatic nitrogens is 2. The molecule has 0 aliphatic heterocycles. The molecule has 2 aromatic rings. The smallest absolute Gasteiger partial charge is 0.129 e. The van der Waals surface area contributed by atoms with E-state index in [9.17, 15) is 4.39 Å². The molecule has 19 heavy (non-hydrogen) atoms. The molecule has 1 aromatic carbocycles. The summed E-state index contributed by atoms with van der Waals surface area (Å²) in [6.07, 6.45) is 3.63. The molecule has 0 aliphatic rings. The summed E-state index contributed by atoms with van der Waals surface area (Å²) < 4.78 is 15.5. The van der Waals surface area contributed by atoms with Crippen LogP contribution in [0.1, 0.15) is 25.1 Å². The van der Waals surface area contributed by atoms with E-state index in [4.69, 9.17) is 11.6 Å². The Morgan fingerprint density at radius 2 is 2.21 bits per heavy atom. The van der Waals surface area contributed by atoms with Gasteiger partial charge in [0.05, 0.1) is 18.6 Å². The summed E-state index contributed by atoms with van der Waals surface area (Å²) in [5.74, 6) is -0.289. The Labute approximate surface area is 117 Å². The monoisotopic (exact) mass is 281 g/mol. The third-order valence-electron chi connectivity index (χ3n) is 2.75. The Bertz CT molecular complexity index is 551. The minimum absolute atomic E-state index is 0.289. The van der Waals surface area contributed by atoms with Crippen molar-refractivity contribution >= 4 is 11.6 Å². The number of benzene rings is 1.